The highest BCUT2D eigenvalue weighted by Crippen LogP contribution is 2.42. The fraction of sp³-hybridized carbons (Fsp3) is 0.500. The molecule has 0 bridgehead atoms. The van der Waals surface area contributed by atoms with Gasteiger partial charge < -0.3 is 25.0 Å². The molecule has 0 unspecified atom stereocenters. The van der Waals surface area contributed by atoms with E-state index in [1.54, 1.807) is 31.4 Å². The number of amides is 1. The van der Waals surface area contributed by atoms with Gasteiger partial charge in [-0.1, -0.05) is 13.0 Å². The minimum atomic E-state index is -0.871. The van der Waals surface area contributed by atoms with E-state index >= 15 is 4.39 Å². The molecule has 4 aliphatic heterocycles. The minimum absolute atomic E-state index is 0.116. The van der Waals surface area contributed by atoms with Crippen LogP contribution in [0.1, 0.15) is 65.5 Å². The molecule has 258 valence electrons. The van der Waals surface area contributed by atoms with Crippen LogP contribution in [0.4, 0.5) is 20.3 Å². The SMILES string of the molecule is CCc1c(F)ccc2cc(O)cc(N3CCc4c(nc(OC[C@@]56CCCN5C[C@H](F)C6)nc4N4CCCn5ncc(C(=O)NC)c5C4)C3)c12. The van der Waals surface area contributed by atoms with Crippen molar-refractivity contribution < 1.29 is 23.4 Å². The Bertz CT molecular complexity index is 1930. The summed E-state index contributed by atoms with van der Waals surface area (Å²) in [5.41, 5.74) is 4.16. The Hall–Kier alpha value is -4.52. The van der Waals surface area contributed by atoms with E-state index in [1.165, 1.54) is 6.07 Å². The molecule has 2 aromatic carbocycles. The van der Waals surface area contributed by atoms with Gasteiger partial charge in [0.05, 0.1) is 41.8 Å². The van der Waals surface area contributed by atoms with Crippen molar-refractivity contribution in [3.05, 3.63) is 64.4 Å². The summed E-state index contributed by atoms with van der Waals surface area (Å²) in [4.78, 5) is 29.3. The number of nitrogens with one attached hydrogen (secondary N) is 1. The molecule has 0 spiro atoms. The fourth-order valence-electron chi connectivity index (χ4n) is 8.59. The Kier molecular flexibility index (Phi) is 8.04. The van der Waals surface area contributed by atoms with Gasteiger partial charge in [-0.15, -0.1) is 0 Å². The molecule has 1 amide bonds. The number of hydrogen-bond donors (Lipinski definition) is 2. The van der Waals surface area contributed by atoms with Gasteiger partial charge >= 0.3 is 6.01 Å². The van der Waals surface area contributed by atoms with E-state index in [4.69, 9.17) is 14.7 Å². The first-order valence-electron chi connectivity index (χ1n) is 17.4. The summed E-state index contributed by atoms with van der Waals surface area (Å²) in [6.45, 7) is 6.35. The van der Waals surface area contributed by atoms with Crippen LogP contribution >= 0.6 is 0 Å². The molecule has 4 aromatic rings. The van der Waals surface area contributed by atoms with Crippen LogP contribution in [-0.4, -0.2) is 87.2 Å². The average Bonchev–Trinajstić information content (AvgIpc) is 3.72. The van der Waals surface area contributed by atoms with Gasteiger partial charge in [0.2, 0.25) is 0 Å². The van der Waals surface area contributed by atoms with Crippen LogP contribution in [0.3, 0.4) is 0 Å². The minimum Gasteiger partial charge on any atom is -0.508 e. The number of nitrogens with zero attached hydrogens (tertiary/aromatic N) is 7. The van der Waals surface area contributed by atoms with Crippen LogP contribution in [0.15, 0.2) is 30.5 Å². The smallest absolute Gasteiger partial charge is 0.318 e. The van der Waals surface area contributed by atoms with Gasteiger partial charge in [0.1, 0.15) is 30.2 Å². The van der Waals surface area contributed by atoms with Crippen LogP contribution in [0.2, 0.25) is 0 Å². The van der Waals surface area contributed by atoms with Gasteiger partial charge in [0, 0.05) is 62.4 Å². The highest BCUT2D eigenvalue weighted by Gasteiger charge is 2.49. The van der Waals surface area contributed by atoms with E-state index in [9.17, 15) is 14.3 Å². The molecule has 2 atom stereocenters. The lowest BCUT2D eigenvalue weighted by molar-refractivity contribution is 0.0962. The summed E-state index contributed by atoms with van der Waals surface area (Å²) in [5, 5.41) is 19.5. The van der Waals surface area contributed by atoms with Crippen molar-refractivity contribution in [3.8, 4) is 11.8 Å². The summed E-state index contributed by atoms with van der Waals surface area (Å²) < 4.78 is 38.0. The highest BCUT2D eigenvalue weighted by atomic mass is 19.1. The van der Waals surface area contributed by atoms with E-state index in [0.717, 1.165) is 65.0 Å². The molecule has 13 heteroatoms. The van der Waals surface area contributed by atoms with E-state index < -0.39 is 6.17 Å². The number of carbonyl (C=O) groups is 1. The van der Waals surface area contributed by atoms with Crippen molar-refractivity contribution in [2.24, 2.45) is 0 Å². The van der Waals surface area contributed by atoms with Gasteiger partial charge in [-0.05, 0) is 61.7 Å². The zero-order valence-electron chi connectivity index (χ0n) is 28.0. The molecule has 49 heavy (non-hydrogen) atoms. The number of alkyl halides is 1. The molecule has 2 N–H and O–H groups in total. The maximum absolute atomic E-state index is 15.1. The molecule has 4 aliphatic rings. The quantitative estimate of drug-likeness (QED) is 0.293. The summed E-state index contributed by atoms with van der Waals surface area (Å²) in [6, 6.07) is 6.80. The zero-order valence-corrected chi connectivity index (χ0v) is 28.0. The third-order valence-corrected chi connectivity index (χ3v) is 10.9. The second-order valence-corrected chi connectivity index (χ2v) is 13.8. The number of ether oxygens (including phenoxy) is 1. The number of aromatic nitrogens is 4. The lowest BCUT2D eigenvalue weighted by atomic mass is 9.95. The lowest BCUT2D eigenvalue weighted by Crippen LogP contribution is -2.43. The summed E-state index contributed by atoms with van der Waals surface area (Å²) >= 11 is 0. The van der Waals surface area contributed by atoms with Crippen molar-refractivity contribution in [2.75, 3.05) is 49.6 Å². The van der Waals surface area contributed by atoms with Gasteiger partial charge in [-0.2, -0.15) is 15.1 Å². The molecule has 11 nitrogen and oxygen atoms in total. The number of halogens is 2. The number of hydrogen-bond acceptors (Lipinski definition) is 9. The maximum Gasteiger partial charge on any atom is 0.318 e. The van der Waals surface area contributed by atoms with E-state index in [-0.39, 0.29) is 29.0 Å². The molecule has 6 heterocycles. The van der Waals surface area contributed by atoms with Gasteiger partial charge in [-0.25, -0.2) is 8.78 Å². The third kappa shape index (κ3) is 5.51. The third-order valence-electron chi connectivity index (χ3n) is 10.9. The standard InChI is InChI=1S/C36H42F2N8O3/c1-3-25-28(38)7-6-22-14-24(47)15-30(32(22)25)43-13-8-26-29(19-43)41-35(49-21-36-9-4-11-45(36)18-23(37)16-36)42-33(26)44-10-5-12-46-31(20-44)27(17-40-46)34(48)39-2/h6-7,14-15,17,23,47H,3-5,8-13,16,18-21H2,1-2H3,(H,39,48)/t23-,36+/m1/s1. The summed E-state index contributed by atoms with van der Waals surface area (Å²) in [5.74, 6) is 0.426. The first-order valence-corrected chi connectivity index (χ1v) is 17.4. The van der Waals surface area contributed by atoms with Crippen molar-refractivity contribution in [1.82, 2.24) is 30.0 Å². The molecule has 2 fully saturated rings. The molecular weight excluding hydrogens is 630 g/mol. The Morgan fingerprint density at radius 1 is 1.12 bits per heavy atom. The van der Waals surface area contributed by atoms with Gasteiger partial charge in [-0.3, -0.25) is 14.4 Å². The number of carbonyl (C=O) groups excluding carboxylic acids is 1. The summed E-state index contributed by atoms with van der Waals surface area (Å²) in [6.07, 6.45) is 5.00. The fourth-order valence-corrected chi connectivity index (χ4v) is 8.59. The van der Waals surface area contributed by atoms with E-state index in [2.05, 4.69) is 25.1 Å². The highest BCUT2D eigenvalue weighted by molar-refractivity contribution is 5.98. The number of rotatable bonds is 7. The van der Waals surface area contributed by atoms with Crippen LogP contribution in [0, 0.1) is 5.82 Å². The predicted octanol–water partition coefficient (Wildman–Crippen LogP) is 4.52. The zero-order chi connectivity index (χ0) is 33.9. The first kappa shape index (κ1) is 31.7. The van der Waals surface area contributed by atoms with Crippen molar-refractivity contribution in [2.45, 2.75) is 76.8 Å². The lowest BCUT2D eigenvalue weighted by Gasteiger charge is -2.35. The second kappa shape index (κ2) is 12.4. The second-order valence-electron chi connectivity index (χ2n) is 13.8. The van der Waals surface area contributed by atoms with Gasteiger partial charge in [0.15, 0.2) is 0 Å². The number of aromatic hydroxyl groups is 1. The Morgan fingerprint density at radius 2 is 2.00 bits per heavy atom. The first-order chi connectivity index (χ1) is 23.8. The van der Waals surface area contributed by atoms with Crippen LogP contribution in [0.5, 0.6) is 11.8 Å². The average molecular weight is 673 g/mol. The van der Waals surface area contributed by atoms with Crippen molar-refractivity contribution in [3.63, 3.8) is 0 Å². The Balaban J connectivity index is 1.19. The predicted molar refractivity (Wildman–Crippen MR) is 182 cm³/mol. The molecular formula is C36H42F2N8O3. The number of phenolic OH excluding ortho intramolecular Hbond substituents is 1. The number of benzene rings is 2. The Morgan fingerprint density at radius 3 is 2.84 bits per heavy atom. The summed E-state index contributed by atoms with van der Waals surface area (Å²) in [7, 11) is 1.62. The van der Waals surface area contributed by atoms with E-state index in [1.807, 2.05) is 11.6 Å². The number of fused-ring (bicyclic) bond motifs is 4. The van der Waals surface area contributed by atoms with Gasteiger partial charge in [0.25, 0.3) is 5.91 Å². The van der Waals surface area contributed by atoms with Crippen LogP contribution in [0.25, 0.3) is 10.8 Å². The monoisotopic (exact) mass is 672 g/mol. The molecule has 0 saturated carbocycles. The Labute approximate surface area is 283 Å². The molecule has 8 rings (SSSR count). The normalized spacial score (nSPS) is 22.2. The number of phenols is 1. The van der Waals surface area contributed by atoms with Crippen molar-refractivity contribution in [1.29, 1.82) is 0 Å². The van der Waals surface area contributed by atoms with Crippen molar-refractivity contribution >= 4 is 28.2 Å². The molecule has 2 aromatic heterocycles. The number of aryl methyl sites for hydroxylation is 2. The van der Waals surface area contributed by atoms with Crippen LogP contribution in [-0.2, 0) is 32.5 Å². The molecule has 2 saturated heterocycles. The van der Waals surface area contributed by atoms with Crippen LogP contribution < -0.4 is 19.9 Å². The largest absolute Gasteiger partial charge is 0.508 e. The number of anilines is 2. The van der Waals surface area contributed by atoms with E-state index in [0.29, 0.717) is 76.3 Å². The molecule has 0 aliphatic carbocycles. The topological polar surface area (TPSA) is 112 Å². The molecule has 0 radical (unpaired) electrons. The maximum atomic E-state index is 15.1.